The lowest BCUT2D eigenvalue weighted by Gasteiger charge is -2.36. The van der Waals surface area contributed by atoms with Crippen LogP contribution >= 0.6 is 11.8 Å². The molecule has 1 spiro atoms. The van der Waals surface area contributed by atoms with Crippen molar-refractivity contribution < 1.29 is 29.0 Å². The molecule has 186 valence electrons. The van der Waals surface area contributed by atoms with Gasteiger partial charge in [0.2, 0.25) is 11.8 Å². The molecule has 3 fully saturated rings. The van der Waals surface area contributed by atoms with Crippen LogP contribution < -0.4 is 0 Å². The van der Waals surface area contributed by atoms with E-state index in [2.05, 4.69) is 4.90 Å². The fraction of sp³-hybridized carbons (Fsp3) is 0.708. The topological polar surface area (TPSA) is 99.6 Å². The number of esters is 1. The van der Waals surface area contributed by atoms with Gasteiger partial charge in [-0.3, -0.25) is 19.3 Å². The first-order chi connectivity index (χ1) is 16.6. The number of aliphatic hydroxyl groups excluding tert-OH is 1. The fourth-order valence-corrected chi connectivity index (χ4v) is 7.94. The number of likely N-dealkylation sites (tertiary alicyclic amines) is 1. The number of fused-ring (bicyclic) bond motifs is 2. The molecule has 9 nitrogen and oxygen atoms in total. The zero-order valence-corrected chi connectivity index (χ0v) is 20.2. The van der Waals surface area contributed by atoms with Crippen molar-refractivity contribution in [2.24, 2.45) is 11.8 Å². The summed E-state index contributed by atoms with van der Waals surface area (Å²) in [6.07, 6.45) is 9.00. The Bertz CT molecular complexity index is 875. The number of carbonyl (C=O) groups excluding carboxylic acids is 3. The van der Waals surface area contributed by atoms with Gasteiger partial charge in [0.05, 0.1) is 29.8 Å². The molecule has 0 aromatic rings. The molecule has 5 aliphatic heterocycles. The van der Waals surface area contributed by atoms with E-state index in [0.29, 0.717) is 45.7 Å². The smallest absolute Gasteiger partial charge is 0.311 e. The molecule has 5 atom stereocenters. The van der Waals surface area contributed by atoms with Crippen molar-refractivity contribution in [2.75, 3.05) is 65.7 Å². The van der Waals surface area contributed by atoms with Crippen LogP contribution in [-0.2, 0) is 23.9 Å². The van der Waals surface area contributed by atoms with E-state index in [1.165, 1.54) is 0 Å². The monoisotopic (exact) mass is 491 g/mol. The van der Waals surface area contributed by atoms with Gasteiger partial charge in [0.1, 0.15) is 12.6 Å². The predicted molar refractivity (Wildman–Crippen MR) is 126 cm³/mol. The summed E-state index contributed by atoms with van der Waals surface area (Å²) in [6, 6.07) is -0.662. The molecule has 1 unspecified atom stereocenters. The molecule has 3 saturated heterocycles. The summed E-state index contributed by atoms with van der Waals surface area (Å²) < 4.78 is 10.0. The molecule has 5 rings (SSSR count). The molecule has 0 radical (unpaired) electrons. The Balaban J connectivity index is 1.44. The zero-order chi connectivity index (χ0) is 23.7. The molecule has 34 heavy (non-hydrogen) atoms. The molecular formula is C24H33N3O6S. The number of cyclic esters (lactones) is 1. The summed E-state index contributed by atoms with van der Waals surface area (Å²) in [5, 5.41) is 9.08. The van der Waals surface area contributed by atoms with Crippen molar-refractivity contribution >= 4 is 29.5 Å². The van der Waals surface area contributed by atoms with Gasteiger partial charge in [-0.25, -0.2) is 0 Å². The van der Waals surface area contributed by atoms with Gasteiger partial charge in [-0.1, -0.05) is 24.3 Å². The van der Waals surface area contributed by atoms with Gasteiger partial charge in [0.25, 0.3) is 0 Å². The number of hydrogen-bond donors (Lipinski definition) is 1. The summed E-state index contributed by atoms with van der Waals surface area (Å²) in [5.41, 5.74) is 0. The minimum Gasteiger partial charge on any atom is -0.461 e. The Morgan fingerprint density at radius 2 is 1.88 bits per heavy atom. The van der Waals surface area contributed by atoms with E-state index in [4.69, 9.17) is 9.47 Å². The molecule has 0 bridgehead atoms. The number of unbranched alkanes of at least 4 members (excludes halogenated alkanes) is 1. The SMILES string of the molecule is O=C1OCC=C[C@@H]2S[C@]34C=CCN(CCN5CCOCC5)C(=O)C3N(CCCCO)C(=O)[C@@H]4[C@H]12. The maximum Gasteiger partial charge on any atom is 0.311 e. The quantitative estimate of drug-likeness (QED) is 0.300. The first-order valence-electron chi connectivity index (χ1n) is 12.3. The van der Waals surface area contributed by atoms with Crippen molar-refractivity contribution in [2.45, 2.75) is 28.9 Å². The van der Waals surface area contributed by atoms with Crippen molar-refractivity contribution in [1.82, 2.24) is 14.7 Å². The highest BCUT2D eigenvalue weighted by Crippen LogP contribution is 2.60. The molecule has 2 amide bonds. The maximum atomic E-state index is 14.0. The number of hydrogen-bond acceptors (Lipinski definition) is 8. The van der Waals surface area contributed by atoms with Crippen molar-refractivity contribution in [3.63, 3.8) is 0 Å². The lowest BCUT2D eigenvalue weighted by Crippen LogP contribution is -2.54. The van der Waals surface area contributed by atoms with Crippen molar-refractivity contribution in [1.29, 1.82) is 0 Å². The van der Waals surface area contributed by atoms with Crippen LogP contribution in [0.1, 0.15) is 12.8 Å². The van der Waals surface area contributed by atoms with Crippen LogP contribution in [0.15, 0.2) is 24.3 Å². The van der Waals surface area contributed by atoms with E-state index >= 15 is 0 Å². The Kier molecular flexibility index (Phi) is 7.02. The second-order valence-corrected chi connectivity index (χ2v) is 11.0. The van der Waals surface area contributed by atoms with Crippen LogP contribution in [-0.4, -0.2) is 119 Å². The third kappa shape index (κ3) is 4.08. The minimum absolute atomic E-state index is 0.0390. The van der Waals surface area contributed by atoms with E-state index in [-0.39, 0.29) is 36.2 Å². The molecule has 5 heterocycles. The highest BCUT2D eigenvalue weighted by molar-refractivity contribution is 8.02. The van der Waals surface area contributed by atoms with E-state index in [1.807, 2.05) is 29.2 Å². The molecule has 0 aromatic carbocycles. The number of nitrogens with zero attached hydrogens (tertiary/aromatic N) is 3. The Hall–Kier alpha value is -1.88. The fourth-order valence-electron chi connectivity index (χ4n) is 5.94. The third-order valence-electron chi connectivity index (χ3n) is 7.59. The first kappa shape index (κ1) is 23.8. The highest BCUT2D eigenvalue weighted by Gasteiger charge is 2.70. The Morgan fingerprint density at radius 1 is 1.06 bits per heavy atom. The number of morpholine rings is 1. The third-order valence-corrected chi connectivity index (χ3v) is 9.34. The van der Waals surface area contributed by atoms with E-state index in [1.54, 1.807) is 16.7 Å². The maximum absolute atomic E-state index is 14.0. The molecule has 0 aliphatic carbocycles. The largest absolute Gasteiger partial charge is 0.461 e. The van der Waals surface area contributed by atoms with Crippen molar-refractivity contribution in [3.8, 4) is 0 Å². The summed E-state index contributed by atoms with van der Waals surface area (Å²) in [4.78, 5) is 46.6. The van der Waals surface area contributed by atoms with Crippen LogP contribution in [0, 0.1) is 11.8 Å². The summed E-state index contributed by atoms with van der Waals surface area (Å²) in [5.74, 6) is -1.79. The van der Waals surface area contributed by atoms with Crippen LogP contribution in [0.5, 0.6) is 0 Å². The Labute approximate surface area is 204 Å². The van der Waals surface area contributed by atoms with Gasteiger partial charge in [0.15, 0.2) is 0 Å². The first-order valence-corrected chi connectivity index (χ1v) is 13.1. The molecule has 5 aliphatic rings. The standard InChI is InChI=1S/C24H33N3O6S/c28-13-2-1-8-27-20-22(30)26(10-9-25-11-15-32-16-12-25)7-4-6-24(20)19(21(27)29)18-17(34-24)5-3-14-33-23(18)31/h3-6,17-20,28H,1-2,7-16H2/t17-,18+,19-,20?,24-/m0/s1. The second-order valence-electron chi connectivity index (χ2n) is 9.50. The normalized spacial score (nSPS) is 35.6. The van der Waals surface area contributed by atoms with Gasteiger partial charge >= 0.3 is 5.97 Å². The number of carbonyl (C=O) groups is 3. The average molecular weight is 492 g/mol. The van der Waals surface area contributed by atoms with Crippen LogP contribution in [0.25, 0.3) is 0 Å². The van der Waals surface area contributed by atoms with Gasteiger partial charge < -0.3 is 24.4 Å². The number of rotatable bonds is 7. The van der Waals surface area contributed by atoms with Gasteiger partial charge in [-0.15, -0.1) is 11.8 Å². The number of aliphatic hydroxyl groups is 1. The lowest BCUT2D eigenvalue weighted by atomic mass is 9.78. The molecule has 10 heteroatoms. The predicted octanol–water partition coefficient (Wildman–Crippen LogP) is -0.100. The van der Waals surface area contributed by atoms with E-state index < -0.39 is 22.6 Å². The van der Waals surface area contributed by atoms with Crippen LogP contribution in [0.4, 0.5) is 0 Å². The number of ether oxygens (including phenoxy) is 2. The van der Waals surface area contributed by atoms with Gasteiger partial charge in [-0.2, -0.15) is 0 Å². The van der Waals surface area contributed by atoms with E-state index in [0.717, 1.165) is 19.6 Å². The molecule has 1 N–H and O–H groups in total. The van der Waals surface area contributed by atoms with Crippen LogP contribution in [0.3, 0.4) is 0 Å². The highest BCUT2D eigenvalue weighted by atomic mass is 32.2. The van der Waals surface area contributed by atoms with Gasteiger partial charge in [-0.05, 0) is 12.8 Å². The minimum atomic E-state index is -0.795. The van der Waals surface area contributed by atoms with E-state index in [9.17, 15) is 19.5 Å². The average Bonchev–Trinajstić information content (AvgIpc) is 3.14. The zero-order valence-electron chi connectivity index (χ0n) is 19.3. The summed E-state index contributed by atoms with van der Waals surface area (Å²) >= 11 is 1.56. The summed E-state index contributed by atoms with van der Waals surface area (Å²) in [7, 11) is 0. The van der Waals surface area contributed by atoms with Crippen molar-refractivity contribution in [3.05, 3.63) is 24.3 Å². The number of thioether (sulfide) groups is 1. The summed E-state index contributed by atoms with van der Waals surface area (Å²) in [6.45, 7) is 5.60. The lowest BCUT2D eigenvalue weighted by molar-refractivity contribution is -0.151. The van der Waals surface area contributed by atoms with Gasteiger partial charge in [0, 0.05) is 51.1 Å². The molecular weight excluding hydrogens is 458 g/mol. The van der Waals surface area contributed by atoms with Crippen LogP contribution in [0.2, 0.25) is 0 Å². The second kappa shape index (κ2) is 10.0. The number of amides is 2. The molecule has 0 aromatic heterocycles. The Morgan fingerprint density at radius 3 is 2.68 bits per heavy atom. The molecule has 0 saturated carbocycles.